The summed E-state index contributed by atoms with van der Waals surface area (Å²) in [4.78, 5) is 0. The smallest absolute Gasteiger partial charge is 0.176 e. The minimum atomic E-state index is 0.714. The lowest BCUT2D eigenvalue weighted by molar-refractivity contribution is 0.415. The molecule has 0 aliphatic rings. The highest BCUT2D eigenvalue weighted by molar-refractivity contribution is 6.04. The van der Waals surface area contributed by atoms with E-state index in [4.69, 9.17) is 19.3 Å². The van der Waals surface area contributed by atoms with Crippen LogP contribution in [0.5, 0.6) is 5.75 Å². The van der Waals surface area contributed by atoms with Crippen molar-refractivity contribution in [3.8, 4) is 5.75 Å². The molecule has 0 fully saturated rings. The molecule has 100 valence electrons. The van der Waals surface area contributed by atoms with Gasteiger partial charge in [-0.05, 0) is 37.9 Å². The van der Waals surface area contributed by atoms with Gasteiger partial charge in [0.05, 0.1) is 25.0 Å². The highest BCUT2D eigenvalue weighted by Gasteiger charge is 2.18. The van der Waals surface area contributed by atoms with Crippen molar-refractivity contribution in [1.82, 2.24) is 0 Å². The fourth-order valence-corrected chi connectivity index (χ4v) is 2.59. The number of methoxy groups -OCH3 is 1. The Bertz CT molecular complexity index is 644. The normalized spacial score (nSPS) is 11.5. The zero-order chi connectivity index (χ0) is 13.2. The van der Waals surface area contributed by atoms with E-state index >= 15 is 0 Å². The van der Waals surface area contributed by atoms with Crippen LogP contribution in [0.4, 0.5) is 0 Å². The van der Waals surface area contributed by atoms with Crippen LogP contribution in [0.1, 0.15) is 18.4 Å². The lowest BCUT2D eigenvalue weighted by Gasteiger charge is -2.08. The lowest BCUT2D eigenvalue weighted by atomic mass is 10.0. The van der Waals surface area contributed by atoms with E-state index in [0.717, 1.165) is 47.0 Å². The molecule has 0 saturated carbocycles. The predicted octanol–water partition coefficient (Wildman–Crippen LogP) is 3.47. The van der Waals surface area contributed by atoms with Gasteiger partial charge in [0.25, 0.3) is 0 Å². The molecular formula is C15H17NO3. The summed E-state index contributed by atoms with van der Waals surface area (Å²) in [6, 6.07) is 3.89. The van der Waals surface area contributed by atoms with Crippen LogP contribution in [0, 0.1) is 0 Å². The van der Waals surface area contributed by atoms with E-state index in [9.17, 15) is 0 Å². The fourth-order valence-electron chi connectivity index (χ4n) is 2.59. The van der Waals surface area contributed by atoms with Gasteiger partial charge in [-0.1, -0.05) is 0 Å². The molecule has 3 rings (SSSR count). The molecule has 4 heteroatoms. The van der Waals surface area contributed by atoms with Crippen molar-refractivity contribution in [2.45, 2.75) is 19.3 Å². The summed E-state index contributed by atoms with van der Waals surface area (Å²) in [5.74, 6) is 0.742. The van der Waals surface area contributed by atoms with Crippen LogP contribution in [-0.4, -0.2) is 13.7 Å². The molecule has 0 saturated heterocycles. The Morgan fingerprint density at radius 1 is 1.05 bits per heavy atom. The Morgan fingerprint density at radius 3 is 2.53 bits per heavy atom. The summed E-state index contributed by atoms with van der Waals surface area (Å²) in [5.41, 5.74) is 8.42. The molecule has 19 heavy (non-hydrogen) atoms. The number of fused-ring (bicyclic) bond motifs is 2. The standard InChI is InChI=1S/C15H17NO3/c1-17-14-12-6-9-18-13(12)10(4-2-3-7-16)11-5-8-19-15(11)14/h5-6,8-9H,2-4,7,16H2,1H3. The van der Waals surface area contributed by atoms with Gasteiger partial charge in [0.2, 0.25) is 0 Å². The van der Waals surface area contributed by atoms with E-state index in [1.165, 1.54) is 5.56 Å². The second-order valence-corrected chi connectivity index (χ2v) is 4.58. The molecule has 0 spiro atoms. The van der Waals surface area contributed by atoms with Gasteiger partial charge in [0, 0.05) is 10.9 Å². The maximum absolute atomic E-state index is 5.65. The monoisotopic (exact) mass is 259 g/mol. The third-order valence-electron chi connectivity index (χ3n) is 3.47. The van der Waals surface area contributed by atoms with Crippen LogP contribution in [0.3, 0.4) is 0 Å². The molecule has 3 aromatic rings. The van der Waals surface area contributed by atoms with Crippen molar-refractivity contribution >= 4 is 21.9 Å². The molecule has 4 nitrogen and oxygen atoms in total. The van der Waals surface area contributed by atoms with Crippen molar-refractivity contribution in [3.05, 3.63) is 30.2 Å². The van der Waals surface area contributed by atoms with E-state index < -0.39 is 0 Å². The van der Waals surface area contributed by atoms with E-state index in [-0.39, 0.29) is 0 Å². The molecule has 0 radical (unpaired) electrons. The van der Waals surface area contributed by atoms with Crippen LogP contribution < -0.4 is 10.5 Å². The number of nitrogens with two attached hydrogens (primary N) is 1. The fraction of sp³-hybridized carbons (Fsp3) is 0.333. The van der Waals surface area contributed by atoms with Crippen molar-refractivity contribution < 1.29 is 13.6 Å². The van der Waals surface area contributed by atoms with Crippen LogP contribution in [0.15, 0.2) is 33.5 Å². The topological polar surface area (TPSA) is 61.5 Å². The van der Waals surface area contributed by atoms with Crippen LogP contribution in [-0.2, 0) is 6.42 Å². The molecule has 0 aliphatic heterocycles. The third-order valence-corrected chi connectivity index (χ3v) is 3.47. The van der Waals surface area contributed by atoms with Crippen molar-refractivity contribution in [3.63, 3.8) is 0 Å². The van der Waals surface area contributed by atoms with Gasteiger partial charge >= 0.3 is 0 Å². The third kappa shape index (κ3) is 1.88. The van der Waals surface area contributed by atoms with Crippen LogP contribution >= 0.6 is 0 Å². The minimum Gasteiger partial charge on any atom is -0.492 e. The Morgan fingerprint density at radius 2 is 1.79 bits per heavy atom. The van der Waals surface area contributed by atoms with Gasteiger partial charge in [-0.25, -0.2) is 0 Å². The molecule has 2 N–H and O–H groups in total. The highest BCUT2D eigenvalue weighted by atomic mass is 16.5. The second-order valence-electron chi connectivity index (χ2n) is 4.58. The molecule has 0 bridgehead atoms. The predicted molar refractivity (Wildman–Crippen MR) is 74.5 cm³/mol. The van der Waals surface area contributed by atoms with Crippen LogP contribution in [0.25, 0.3) is 21.9 Å². The summed E-state index contributed by atoms with van der Waals surface area (Å²) in [6.07, 6.45) is 6.37. The first-order valence-electron chi connectivity index (χ1n) is 6.50. The molecule has 0 unspecified atom stereocenters. The zero-order valence-corrected chi connectivity index (χ0v) is 10.9. The maximum atomic E-state index is 5.65. The van der Waals surface area contributed by atoms with Crippen LogP contribution in [0.2, 0.25) is 0 Å². The molecule has 2 heterocycles. The second kappa shape index (κ2) is 4.97. The Kier molecular flexibility index (Phi) is 3.17. The molecule has 1 aromatic carbocycles. The van der Waals surface area contributed by atoms with Gasteiger partial charge < -0.3 is 19.3 Å². The van der Waals surface area contributed by atoms with Crippen molar-refractivity contribution in [2.75, 3.05) is 13.7 Å². The van der Waals surface area contributed by atoms with E-state index in [1.807, 2.05) is 12.1 Å². The van der Waals surface area contributed by atoms with Gasteiger partial charge in [-0.3, -0.25) is 0 Å². The Balaban J connectivity index is 2.21. The van der Waals surface area contributed by atoms with E-state index in [1.54, 1.807) is 19.6 Å². The first kappa shape index (κ1) is 12.1. The minimum absolute atomic E-state index is 0.714. The van der Waals surface area contributed by atoms with Gasteiger partial charge in [-0.2, -0.15) is 0 Å². The number of benzene rings is 1. The summed E-state index contributed by atoms with van der Waals surface area (Å²) in [6.45, 7) is 0.714. The Labute approximate surface area is 111 Å². The van der Waals surface area contributed by atoms with Crippen molar-refractivity contribution in [2.24, 2.45) is 5.73 Å². The molecule has 0 aliphatic carbocycles. The number of ether oxygens (including phenoxy) is 1. The van der Waals surface area contributed by atoms with Gasteiger partial charge in [-0.15, -0.1) is 0 Å². The molecule has 0 atom stereocenters. The number of hydrogen-bond donors (Lipinski definition) is 1. The summed E-state index contributed by atoms with van der Waals surface area (Å²) in [5, 5.41) is 2.03. The average Bonchev–Trinajstić information content (AvgIpc) is 3.06. The van der Waals surface area contributed by atoms with Crippen molar-refractivity contribution in [1.29, 1.82) is 0 Å². The largest absolute Gasteiger partial charge is 0.492 e. The maximum Gasteiger partial charge on any atom is 0.176 e. The summed E-state index contributed by atoms with van der Waals surface area (Å²) < 4.78 is 16.7. The lowest BCUT2D eigenvalue weighted by Crippen LogP contribution is -1.99. The quantitative estimate of drug-likeness (QED) is 0.713. The summed E-state index contributed by atoms with van der Waals surface area (Å²) >= 11 is 0. The summed E-state index contributed by atoms with van der Waals surface area (Å²) in [7, 11) is 1.65. The first-order chi connectivity index (χ1) is 9.36. The van der Waals surface area contributed by atoms with E-state index in [2.05, 4.69) is 0 Å². The van der Waals surface area contributed by atoms with Gasteiger partial charge in [0.1, 0.15) is 5.58 Å². The zero-order valence-electron chi connectivity index (χ0n) is 10.9. The average molecular weight is 259 g/mol. The molecular weight excluding hydrogens is 242 g/mol. The highest BCUT2D eigenvalue weighted by Crippen LogP contribution is 2.39. The molecule has 0 amide bonds. The van der Waals surface area contributed by atoms with E-state index in [0.29, 0.717) is 6.54 Å². The SMILES string of the molecule is COc1c2ccoc2c(CCCCN)c2ccoc12. The number of furan rings is 2. The number of aryl methyl sites for hydroxylation is 1. The Hall–Kier alpha value is -1.94. The van der Waals surface area contributed by atoms with Gasteiger partial charge in [0.15, 0.2) is 11.3 Å². The molecule has 2 aromatic heterocycles. The first-order valence-corrected chi connectivity index (χ1v) is 6.50. The number of rotatable bonds is 5. The number of unbranched alkanes of at least 4 members (excludes halogenated alkanes) is 1. The number of hydrogen-bond acceptors (Lipinski definition) is 4.